The highest BCUT2D eigenvalue weighted by atomic mass is 16.3. The van der Waals surface area contributed by atoms with E-state index in [2.05, 4.69) is 30.4 Å². The molecule has 0 fully saturated rings. The fraction of sp³-hybridized carbons (Fsp3) is 0.300. The van der Waals surface area contributed by atoms with Gasteiger partial charge in [0.15, 0.2) is 0 Å². The molecule has 112 valence electrons. The Labute approximate surface area is 129 Å². The zero-order valence-corrected chi connectivity index (χ0v) is 13.7. The van der Waals surface area contributed by atoms with Crippen LogP contribution in [0, 0.1) is 6.92 Å². The molecule has 0 aromatic heterocycles. The molecule has 1 heteroatoms. The predicted molar refractivity (Wildman–Crippen MR) is 93.3 cm³/mol. The first kappa shape index (κ1) is 17.2. The number of hydrogen-bond acceptors (Lipinski definition) is 1. The number of benzene rings is 2. The lowest BCUT2D eigenvalue weighted by molar-refractivity contribution is 0.220. The summed E-state index contributed by atoms with van der Waals surface area (Å²) in [6.45, 7) is 10.0. The molecule has 0 spiro atoms. The Morgan fingerprint density at radius 1 is 0.762 bits per heavy atom. The fourth-order valence-electron chi connectivity index (χ4n) is 2.34. The maximum atomic E-state index is 10.5. The van der Waals surface area contributed by atoms with Crippen LogP contribution in [0.25, 0.3) is 12.2 Å². The standard InChI is InChI=1S/C16H14O.2C2H6/c1-11-6-7-13-9-8-12-4-2-3-5-14(12)16(17)15(13)10-11;2*1-2/h2-10,16-17H,1H3;2*1-2H3. The second kappa shape index (κ2) is 8.43. The average Bonchev–Trinajstić information content (AvgIpc) is 2.69. The quantitative estimate of drug-likeness (QED) is 0.665. The zero-order valence-electron chi connectivity index (χ0n) is 13.7. The lowest BCUT2D eigenvalue weighted by Gasteiger charge is -2.14. The van der Waals surface area contributed by atoms with Crippen molar-refractivity contribution in [3.63, 3.8) is 0 Å². The molecule has 1 atom stereocenters. The van der Waals surface area contributed by atoms with Crippen LogP contribution in [0.4, 0.5) is 0 Å². The van der Waals surface area contributed by atoms with Crippen LogP contribution < -0.4 is 0 Å². The van der Waals surface area contributed by atoms with Crippen molar-refractivity contribution in [3.8, 4) is 0 Å². The summed E-state index contributed by atoms with van der Waals surface area (Å²) in [6.07, 6.45) is 3.61. The highest BCUT2D eigenvalue weighted by Crippen LogP contribution is 2.32. The van der Waals surface area contributed by atoms with Gasteiger partial charge in [0, 0.05) is 0 Å². The molecular formula is C20H26O. The van der Waals surface area contributed by atoms with Gasteiger partial charge in [-0.25, -0.2) is 0 Å². The second-order valence-corrected chi connectivity index (χ2v) is 4.50. The van der Waals surface area contributed by atoms with Crippen LogP contribution in [-0.2, 0) is 0 Å². The normalized spacial score (nSPS) is 14.5. The molecule has 0 heterocycles. The monoisotopic (exact) mass is 282 g/mol. The lowest BCUT2D eigenvalue weighted by Crippen LogP contribution is -2.02. The van der Waals surface area contributed by atoms with Gasteiger partial charge in [-0.2, -0.15) is 0 Å². The maximum Gasteiger partial charge on any atom is 0.105 e. The van der Waals surface area contributed by atoms with E-state index in [4.69, 9.17) is 0 Å². The summed E-state index contributed by atoms with van der Waals surface area (Å²) in [5.41, 5.74) is 5.34. The molecule has 1 unspecified atom stereocenters. The van der Waals surface area contributed by atoms with Gasteiger partial charge in [-0.05, 0) is 29.2 Å². The summed E-state index contributed by atoms with van der Waals surface area (Å²) >= 11 is 0. The van der Waals surface area contributed by atoms with Crippen LogP contribution in [0.2, 0.25) is 0 Å². The third-order valence-electron chi connectivity index (χ3n) is 3.27. The van der Waals surface area contributed by atoms with Gasteiger partial charge in [0.05, 0.1) is 0 Å². The van der Waals surface area contributed by atoms with Crippen LogP contribution in [0.3, 0.4) is 0 Å². The third kappa shape index (κ3) is 3.83. The van der Waals surface area contributed by atoms with Gasteiger partial charge in [-0.15, -0.1) is 0 Å². The van der Waals surface area contributed by atoms with Crippen LogP contribution in [0.5, 0.6) is 0 Å². The highest BCUT2D eigenvalue weighted by Gasteiger charge is 2.18. The minimum atomic E-state index is -0.531. The van der Waals surface area contributed by atoms with Crippen LogP contribution in [0.15, 0.2) is 42.5 Å². The average molecular weight is 282 g/mol. The van der Waals surface area contributed by atoms with Crippen molar-refractivity contribution in [1.29, 1.82) is 0 Å². The molecule has 0 saturated heterocycles. The van der Waals surface area contributed by atoms with Crippen molar-refractivity contribution >= 4 is 12.2 Å². The van der Waals surface area contributed by atoms with Crippen molar-refractivity contribution in [2.75, 3.05) is 0 Å². The molecule has 1 aliphatic rings. The Kier molecular flexibility index (Phi) is 6.90. The number of aliphatic hydroxyl groups is 1. The van der Waals surface area contributed by atoms with Gasteiger partial charge >= 0.3 is 0 Å². The van der Waals surface area contributed by atoms with E-state index in [-0.39, 0.29) is 0 Å². The SMILES string of the molecule is CC.CC.Cc1ccc2c(c1)C(O)c1ccccc1C=C2. The van der Waals surface area contributed by atoms with Crippen LogP contribution >= 0.6 is 0 Å². The number of hydrogen-bond donors (Lipinski definition) is 1. The smallest absolute Gasteiger partial charge is 0.105 e. The Morgan fingerprint density at radius 2 is 1.33 bits per heavy atom. The topological polar surface area (TPSA) is 20.2 Å². The third-order valence-corrected chi connectivity index (χ3v) is 3.27. The maximum absolute atomic E-state index is 10.5. The number of fused-ring (bicyclic) bond motifs is 2. The fourth-order valence-corrected chi connectivity index (χ4v) is 2.34. The second-order valence-electron chi connectivity index (χ2n) is 4.50. The molecule has 0 radical (unpaired) electrons. The Bertz CT molecular complexity index is 597. The largest absolute Gasteiger partial charge is 0.384 e. The molecule has 0 amide bonds. The molecular weight excluding hydrogens is 256 g/mol. The molecule has 1 aliphatic carbocycles. The Morgan fingerprint density at radius 3 is 2.00 bits per heavy atom. The number of aliphatic hydroxyl groups excluding tert-OH is 1. The molecule has 2 aromatic rings. The molecule has 21 heavy (non-hydrogen) atoms. The van der Waals surface area contributed by atoms with Crippen molar-refractivity contribution in [1.82, 2.24) is 0 Å². The summed E-state index contributed by atoms with van der Waals surface area (Å²) in [5.74, 6) is 0. The first-order valence-electron chi connectivity index (χ1n) is 7.81. The molecule has 0 saturated carbocycles. The van der Waals surface area contributed by atoms with E-state index in [0.717, 1.165) is 22.3 Å². The first-order chi connectivity index (χ1) is 10.3. The zero-order chi connectivity index (χ0) is 15.8. The summed E-state index contributed by atoms with van der Waals surface area (Å²) in [5, 5.41) is 10.5. The minimum Gasteiger partial charge on any atom is -0.384 e. The summed E-state index contributed by atoms with van der Waals surface area (Å²) < 4.78 is 0. The van der Waals surface area contributed by atoms with Gasteiger partial charge in [-0.1, -0.05) is 87.9 Å². The van der Waals surface area contributed by atoms with E-state index in [0.29, 0.717) is 0 Å². The molecule has 2 aromatic carbocycles. The molecule has 0 bridgehead atoms. The minimum absolute atomic E-state index is 0.531. The van der Waals surface area contributed by atoms with E-state index in [1.807, 2.05) is 58.9 Å². The van der Waals surface area contributed by atoms with E-state index in [1.54, 1.807) is 0 Å². The summed E-state index contributed by atoms with van der Waals surface area (Å²) in [6, 6.07) is 14.2. The molecule has 3 rings (SSSR count). The van der Waals surface area contributed by atoms with E-state index < -0.39 is 6.10 Å². The van der Waals surface area contributed by atoms with Gasteiger partial charge in [0.25, 0.3) is 0 Å². The van der Waals surface area contributed by atoms with Crippen molar-refractivity contribution < 1.29 is 5.11 Å². The number of rotatable bonds is 0. The van der Waals surface area contributed by atoms with E-state index in [9.17, 15) is 5.11 Å². The predicted octanol–water partition coefficient (Wildman–Crippen LogP) is 5.61. The molecule has 1 N–H and O–H groups in total. The van der Waals surface area contributed by atoms with Gasteiger partial charge in [-0.3, -0.25) is 0 Å². The Hall–Kier alpha value is -1.86. The first-order valence-corrected chi connectivity index (χ1v) is 7.81. The van der Waals surface area contributed by atoms with Crippen molar-refractivity contribution in [2.45, 2.75) is 40.7 Å². The summed E-state index contributed by atoms with van der Waals surface area (Å²) in [7, 11) is 0. The van der Waals surface area contributed by atoms with Crippen LogP contribution in [0.1, 0.15) is 61.6 Å². The van der Waals surface area contributed by atoms with Crippen LogP contribution in [-0.4, -0.2) is 5.11 Å². The lowest BCUT2D eigenvalue weighted by atomic mass is 9.95. The van der Waals surface area contributed by atoms with Gasteiger partial charge < -0.3 is 5.11 Å². The summed E-state index contributed by atoms with van der Waals surface area (Å²) in [4.78, 5) is 0. The number of aryl methyl sites for hydroxylation is 1. The van der Waals surface area contributed by atoms with Crippen molar-refractivity contribution in [3.05, 3.63) is 70.3 Å². The van der Waals surface area contributed by atoms with Crippen molar-refractivity contribution in [2.24, 2.45) is 0 Å². The Balaban J connectivity index is 0.000000510. The highest BCUT2D eigenvalue weighted by molar-refractivity contribution is 5.76. The van der Waals surface area contributed by atoms with Gasteiger partial charge in [0.1, 0.15) is 6.10 Å². The van der Waals surface area contributed by atoms with Gasteiger partial charge in [0.2, 0.25) is 0 Å². The molecule has 1 nitrogen and oxygen atoms in total. The van der Waals surface area contributed by atoms with E-state index >= 15 is 0 Å². The molecule has 0 aliphatic heterocycles. The van der Waals surface area contributed by atoms with E-state index in [1.165, 1.54) is 5.56 Å².